The van der Waals surface area contributed by atoms with Crippen molar-refractivity contribution in [1.29, 1.82) is 0 Å². The maximum Gasteiger partial charge on any atom is 0.263 e. The number of morpholine rings is 1. The average molecular weight is 430 g/mol. The Morgan fingerprint density at radius 2 is 2.00 bits per heavy atom. The summed E-state index contributed by atoms with van der Waals surface area (Å²) in [6.45, 7) is 6.22. The number of rotatable bonds is 2. The first-order valence-corrected chi connectivity index (χ1v) is 9.89. The van der Waals surface area contributed by atoms with Gasteiger partial charge in [-0.3, -0.25) is 9.78 Å². The van der Waals surface area contributed by atoms with Crippen LogP contribution in [-0.4, -0.2) is 45.0 Å². The van der Waals surface area contributed by atoms with Gasteiger partial charge >= 0.3 is 0 Å². The molecule has 2 aromatic heterocycles. The van der Waals surface area contributed by atoms with Crippen LogP contribution in [0.25, 0.3) is 16.7 Å². The van der Waals surface area contributed by atoms with E-state index in [0.717, 1.165) is 47.2 Å². The number of benzene rings is 1. The molecular weight excluding hydrogens is 410 g/mol. The number of H-pyrrole nitrogens is 1. The highest BCUT2D eigenvalue weighted by Gasteiger charge is 2.47. The van der Waals surface area contributed by atoms with Crippen LogP contribution in [0.15, 0.2) is 27.6 Å². The molecule has 1 N–H and O–H groups in total. The highest BCUT2D eigenvalue weighted by Crippen LogP contribution is 2.42. The quantitative estimate of drug-likeness (QED) is 0.677. The predicted octanol–water partition coefficient (Wildman–Crippen LogP) is 2.86. The Morgan fingerprint density at radius 1 is 1.26 bits per heavy atom. The first kappa shape index (κ1) is 16.9. The van der Waals surface area contributed by atoms with E-state index in [1.165, 1.54) is 0 Å². The van der Waals surface area contributed by atoms with E-state index >= 15 is 0 Å². The van der Waals surface area contributed by atoms with Gasteiger partial charge in [0, 0.05) is 23.8 Å². The number of ether oxygens (including phenoxy) is 1. The van der Waals surface area contributed by atoms with E-state index in [1.807, 2.05) is 26.0 Å². The van der Waals surface area contributed by atoms with Crippen molar-refractivity contribution in [2.75, 3.05) is 24.6 Å². The molecule has 8 heteroatoms. The zero-order valence-electron chi connectivity index (χ0n) is 15.3. The highest BCUT2D eigenvalue weighted by atomic mass is 79.9. The van der Waals surface area contributed by atoms with Crippen molar-refractivity contribution in [3.05, 3.63) is 44.3 Å². The van der Waals surface area contributed by atoms with Crippen molar-refractivity contribution < 1.29 is 4.74 Å². The SMILES string of the molecule is Cc1cc(Br)cc(C)c1-n1cc2c(=O)[nH]c(N3CCOC4(CC4)C3)nc2n1. The Kier molecular flexibility index (Phi) is 3.70. The maximum atomic E-state index is 12.7. The zero-order valence-corrected chi connectivity index (χ0v) is 16.8. The monoisotopic (exact) mass is 429 g/mol. The largest absolute Gasteiger partial charge is 0.371 e. The molecule has 2 aliphatic rings. The Balaban J connectivity index is 1.58. The molecule has 1 spiro atoms. The van der Waals surface area contributed by atoms with E-state index in [0.29, 0.717) is 23.6 Å². The van der Waals surface area contributed by atoms with Crippen molar-refractivity contribution >= 4 is 32.9 Å². The number of nitrogens with one attached hydrogen (secondary N) is 1. The maximum absolute atomic E-state index is 12.7. The first-order valence-electron chi connectivity index (χ1n) is 9.10. The number of hydrogen-bond donors (Lipinski definition) is 1. The summed E-state index contributed by atoms with van der Waals surface area (Å²) in [6, 6.07) is 4.08. The van der Waals surface area contributed by atoms with Crippen molar-refractivity contribution in [3.63, 3.8) is 0 Å². The van der Waals surface area contributed by atoms with Gasteiger partial charge in [0.1, 0.15) is 5.39 Å². The lowest BCUT2D eigenvalue weighted by Gasteiger charge is -2.33. The van der Waals surface area contributed by atoms with Crippen LogP contribution in [-0.2, 0) is 4.74 Å². The minimum Gasteiger partial charge on any atom is -0.371 e. The Morgan fingerprint density at radius 3 is 2.70 bits per heavy atom. The van der Waals surface area contributed by atoms with E-state index in [9.17, 15) is 4.79 Å². The molecule has 1 aromatic carbocycles. The Bertz CT molecular complexity index is 1090. The van der Waals surface area contributed by atoms with Gasteiger partial charge in [0.05, 0.1) is 17.9 Å². The molecule has 1 aliphatic carbocycles. The number of hydrogen-bond acceptors (Lipinski definition) is 5. The van der Waals surface area contributed by atoms with Gasteiger partial charge in [0.2, 0.25) is 5.95 Å². The second-order valence-electron chi connectivity index (χ2n) is 7.54. The third-order valence-corrected chi connectivity index (χ3v) is 5.87. The topological polar surface area (TPSA) is 76.0 Å². The summed E-state index contributed by atoms with van der Waals surface area (Å²) in [7, 11) is 0. The smallest absolute Gasteiger partial charge is 0.263 e. The minimum absolute atomic E-state index is 0.0310. The van der Waals surface area contributed by atoms with Crippen LogP contribution in [0.2, 0.25) is 0 Å². The molecule has 0 atom stereocenters. The van der Waals surface area contributed by atoms with E-state index in [-0.39, 0.29) is 11.2 Å². The van der Waals surface area contributed by atoms with Crippen LogP contribution in [0.1, 0.15) is 24.0 Å². The predicted molar refractivity (Wildman–Crippen MR) is 107 cm³/mol. The third kappa shape index (κ3) is 2.87. The molecule has 7 nitrogen and oxygen atoms in total. The summed E-state index contributed by atoms with van der Waals surface area (Å²) in [5.41, 5.74) is 3.40. The first-order chi connectivity index (χ1) is 12.9. The lowest BCUT2D eigenvalue weighted by Crippen LogP contribution is -2.45. The number of aromatic nitrogens is 4. The average Bonchev–Trinajstić information content (AvgIpc) is 3.20. The van der Waals surface area contributed by atoms with Crippen LogP contribution in [0, 0.1) is 13.8 Å². The van der Waals surface area contributed by atoms with Crippen molar-refractivity contribution in [2.45, 2.75) is 32.3 Å². The lowest BCUT2D eigenvalue weighted by molar-refractivity contribution is 0.0201. The number of anilines is 1. The van der Waals surface area contributed by atoms with Gasteiger partial charge in [-0.15, -0.1) is 5.10 Å². The van der Waals surface area contributed by atoms with E-state index in [1.54, 1.807) is 10.9 Å². The van der Waals surface area contributed by atoms with E-state index < -0.39 is 0 Å². The normalized spacial score (nSPS) is 18.4. The summed E-state index contributed by atoms with van der Waals surface area (Å²) in [6.07, 6.45) is 3.91. The van der Waals surface area contributed by atoms with Crippen LogP contribution >= 0.6 is 15.9 Å². The van der Waals surface area contributed by atoms with Gasteiger partial charge in [-0.2, -0.15) is 4.98 Å². The fraction of sp³-hybridized carbons (Fsp3) is 0.421. The summed E-state index contributed by atoms with van der Waals surface area (Å²) in [4.78, 5) is 22.4. The van der Waals surface area contributed by atoms with E-state index in [2.05, 4.69) is 35.9 Å². The number of fused-ring (bicyclic) bond motifs is 1. The van der Waals surface area contributed by atoms with Crippen molar-refractivity contribution in [2.24, 2.45) is 0 Å². The molecule has 0 bridgehead atoms. The molecule has 27 heavy (non-hydrogen) atoms. The summed E-state index contributed by atoms with van der Waals surface area (Å²) in [5, 5.41) is 5.11. The standard InChI is InChI=1S/C19H20BrN5O2/c1-11-7-13(20)8-12(2)15(11)25-9-14-16(23-25)21-18(22-17(14)26)24-5-6-27-19(10-24)3-4-19/h7-9H,3-6,10H2,1-2H3,(H,21,22,23,26). The van der Waals surface area contributed by atoms with Gasteiger partial charge in [-0.05, 0) is 49.9 Å². The van der Waals surface area contributed by atoms with Crippen LogP contribution < -0.4 is 10.5 Å². The molecule has 1 saturated carbocycles. The van der Waals surface area contributed by atoms with Crippen LogP contribution in [0.4, 0.5) is 5.95 Å². The summed E-state index contributed by atoms with van der Waals surface area (Å²) >= 11 is 3.52. The van der Waals surface area contributed by atoms with Crippen LogP contribution in [0.3, 0.4) is 0 Å². The number of halogens is 1. The lowest BCUT2D eigenvalue weighted by atomic mass is 10.1. The fourth-order valence-electron chi connectivity index (χ4n) is 3.90. The van der Waals surface area contributed by atoms with Gasteiger partial charge in [0.25, 0.3) is 5.56 Å². The van der Waals surface area contributed by atoms with Gasteiger partial charge in [0.15, 0.2) is 5.65 Å². The van der Waals surface area contributed by atoms with Crippen molar-refractivity contribution in [3.8, 4) is 5.69 Å². The zero-order chi connectivity index (χ0) is 18.8. The summed E-state index contributed by atoms with van der Waals surface area (Å²) in [5.74, 6) is 0.580. The highest BCUT2D eigenvalue weighted by molar-refractivity contribution is 9.10. The molecule has 140 valence electrons. The molecule has 2 fully saturated rings. The number of nitrogens with zero attached hydrogens (tertiary/aromatic N) is 4. The molecular formula is C19H20BrN5O2. The Hall–Kier alpha value is -2.19. The molecule has 3 heterocycles. The minimum atomic E-state index is -0.162. The van der Waals surface area contributed by atoms with Crippen LogP contribution in [0.5, 0.6) is 0 Å². The molecule has 5 rings (SSSR count). The second kappa shape index (κ2) is 5.90. The van der Waals surface area contributed by atoms with E-state index in [4.69, 9.17) is 4.74 Å². The second-order valence-corrected chi connectivity index (χ2v) is 8.46. The fourth-order valence-corrected chi connectivity index (χ4v) is 4.59. The van der Waals surface area contributed by atoms with Gasteiger partial charge in [-0.1, -0.05) is 15.9 Å². The molecule has 1 saturated heterocycles. The molecule has 1 aliphatic heterocycles. The molecule has 0 amide bonds. The number of aromatic amines is 1. The molecule has 0 unspecified atom stereocenters. The van der Waals surface area contributed by atoms with Gasteiger partial charge in [-0.25, -0.2) is 4.68 Å². The summed E-state index contributed by atoms with van der Waals surface area (Å²) < 4.78 is 8.64. The third-order valence-electron chi connectivity index (χ3n) is 5.42. The van der Waals surface area contributed by atoms with Crippen molar-refractivity contribution in [1.82, 2.24) is 19.7 Å². The Labute approximate surface area is 164 Å². The molecule has 3 aromatic rings. The molecule has 0 radical (unpaired) electrons. The van der Waals surface area contributed by atoms with Gasteiger partial charge < -0.3 is 9.64 Å². The number of aryl methyl sites for hydroxylation is 2.